The second kappa shape index (κ2) is 9.69. The van der Waals surface area contributed by atoms with Crippen LogP contribution in [-0.2, 0) is 19.2 Å². The van der Waals surface area contributed by atoms with Gasteiger partial charge in [0.2, 0.25) is 11.8 Å². The first-order valence-corrected chi connectivity index (χ1v) is 13.5. The van der Waals surface area contributed by atoms with Gasteiger partial charge in [0.1, 0.15) is 11.5 Å². The van der Waals surface area contributed by atoms with Crippen molar-refractivity contribution in [2.75, 3.05) is 12.0 Å². The molecule has 0 spiro atoms. The molecule has 0 radical (unpaired) electrons. The summed E-state index contributed by atoms with van der Waals surface area (Å²) < 4.78 is 5.66. The molecule has 2 amide bonds. The van der Waals surface area contributed by atoms with E-state index in [9.17, 15) is 34.3 Å². The number of hydrogen-bond donors (Lipinski definition) is 3. The zero-order chi connectivity index (χ0) is 28.5. The average Bonchev–Trinajstić information content (AvgIpc) is 3.20. The highest BCUT2D eigenvalue weighted by Gasteiger charge is 2.57. The first-order chi connectivity index (χ1) is 19.1. The number of aromatic hydroxyl groups is 1. The van der Waals surface area contributed by atoms with Crippen LogP contribution in [0.15, 0.2) is 75.8 Å². The van der Waals surface area contributed by atoms with Crippen molar-refractivity contribution in [3.05, 3.63) is 81.4 Å². The lowest BCUT2D eigenvalue weighted by Gasteiger charge is -2.42. The monoisotopic (exact) mass is 603 g/mol. The van der Waals surface area contributed by atoms with E-state index in [0.717, 1.165) is 4.90 Å². The number of ether oxygens (including phenoxy) is 1. The van der Waals surface area contributed by atoms with Gasteiger partial charge in [-0.2, -0.15) is 0 Å². The molecule has 3 N–H and O–H groups in total. The molecule has 1 heterocycles. The van der Waals surface area contributed by atoms with E-state index in [4.69, 9.17) is 4.74 Å². The van der Waals surface area contributed by atoms with Gasteiger partial charge in [-0.05, 0) is 64.4 Å². The number of fused-ring (bicyclic) bond motifs is 3. The summed E-state index contributed by atoms with van der Waals surface area (Å²) in [5, 5.41) is 30.2. The van der Waals surface area contributed by atoms with Crippen molar-refractivity contribution in [1.29, 1.82) is 0 Å². The van der Waals surface area contributed by atoms with Gasteiger partial charge >= 0.3 is 7.12 Å². The number of carbonyl (C=O) groups is 4. The number of methoxy groups -OCH3 is 1. The van der Waals surface area contributed by atoms with E-state index in [1.54, 1.807) is 18.2 Å². The molecule has 0 bridgehead atoms. The number of anilines is 1. The van der Waals surface area contributed by atoms with Crippen LogP contribution in [0.5, 0.6) is 11.5 Å². The number of rotatable bonds is 4. The standard InChI is InChI=1S/C29H23BBrNO8/c1-40-22-7-3-6-20(33)26(22)25-15-8-9-16-23(17(15)11-18-24(25)21(34)12-19(31)27(18)35)29(37)32(28(16)36)14-5-2-4-13(10-14)30(38)39/h2-8,10,12,16-17,23,25,33,38-39H,9,11H2,1H3. The molecule has 4 atom stereocenters. The van der Waals surface area contributed by atoms with Crippen LogP contribution in [0.4, 0.5) is 5.69 Å². The molecule has 2 aromatic carbocycles. The number of allylic oxidation sites excluding steroid dienone is 6. The quantitative estimate of drug-likeness (QED) is 0.209. The van der Waals surface area contributed by atoms with Gasteiger partial charge in [0.25, 0.3) is 0 Å². The minimum atomic E-state index is -1.78. The van der Waals surface area contributed by atoms with Crippen molar-refractivity contribution in [2.45, 2.75) is 18.8 Å². The summed E-state index contributed by atoms with van der Waals surface area (Å²) in [5.41, 5.74) is 1.82. The third-order valence-corrected chi connectivity index (χ3v) is 8.90. The lowest BCUT2D eigenvalue weighted by atomic mass is 9.59. The van der Waals surface area contributed by atoms with E-state index >= 15 is 0 Å². The van der Waals surface area contributed by atoms with Crippen LogP contribution < -0.4 is 15.1 Å². The van der Waals surface area contributed by atoms with Crippen LogP contribution in [0, 0.1) is 17.8 Å². The maximum absolute atomic E-state index is 14.0. The summed E-state index contributed by atoms with van der Waals surface area (Å²) >= 11 is 3.20. The van der Waals surface area contributed by atoms with Crippen LogP contribution >= 0.6 is 15.9 Å². The summed E-state index contributed by atoms with van der Waals surface area (Å²) in [5.74, 6) is -4.43. The first-order valence-electron chi connectivity index (χ1n) is 12.7. The topological polar surface area (TPSA) is 141 Å². The molecule has 6 rings (SSSR count). The maximum atomic E-state index is 14.0. The maximum Gasteiger partial charge on any atom is 0.488 e. The number of carbonyl (C=O) groups excluding carboxylic acids is 4. The van der Waals surface area contributed by atoms with Crippen molar-refractivity contribution in [3.63, 3.8) is 0 Å². The van der Waals surface area contributed by atoms with Gasteiger partial charge in [-0.1, -0.05) is 29.8 Å². The third kappa shape index (κ3) is 3.83. The molecular weight excluding hydrogens is 581 g/mol. The molecule has 1 fully saturated rings. The molecule has 202 valence electrons. The number of benzene rings is 2. The molecule has 9 nitrogen and oxygen atoms in total. The summed E-state index contributed by atoms with van der Waals surface area (Å²) in [6.45, 7) is 0. The molecule has 1 aliphatic heterocycles. The zero-order valence-corrected chi connectivity index (χ0v) is 22.8. The highest BCUT2D eigenvalue weighted by atomic mass is 79.9. The molecule has 4 unspecified atom stereocenters. The molecule has 1 saturated heterocycles. The summed E-state index contributed by atoms with van der Waals surface area (Å²) in [4.78, 5) is 55.4. The zero-order valence-electron chi connectivity index (χ0n) is 21.2. The van der Waals surface area contributed by atoms with Crippen molar-refractivity contribution in [3.8, 4) is 11.5 Å². The number of phenols is 1. The Morgan fingerprint density at radius 3 is 2.50 bits per heavy atom. The highest BCUT2D eigenvalue weighted by Crippen LogP contribution is 2.57. The smallest absolute Gasteiger partial charge is 0.488 e. The fraction of sp³-hybridized carbons (Fsp3) is 0.241. The Bertz CT molecular complexity index is 1610. The Labute approximate surface area is 237 Å². The van der Waals surface area contributed by atoms with E-state index in [2.05, 4.69) is 15.9 Å². The van der Waals surface area contributed by atoms with Crippen LogP contribution in [0.3, 0.4) is 0 Å². The largest absolute Gasteiger partial charge is 0.507 e. The predicted octanol–water partition coefficient (Wildman–Crippen LogP) is 2.05. The molecule has 4 aliphatic rings. The summed E-state index contributed by atoms with van der Waals surface area (Å²) in [6, 6.07) is 10.7. The predicted molar refractivity (Wildman–Crippen MR) is 148 cm³/mol. The van der Waals surface area contributed by atoms with Crippen molar-refractivity contribution >= 4 is 57.6 Å². The number of nitrogens with zero attached hydrogens (tertiary/aromatic N) is 1. The third-order valence-electron chi connectivity index (χ3n) is 8.31. The van der Waals surface area contributed by atoms with Crippen molar-refractivity contribution in [2.24, 2.45) is 17.8 Å². The number of ketones is 2. The Morgan fingerprint density at radius 1 is 1.02 bits per heavy atom. The van der Waals surface area contributed by atoms with Crippen LogP contribution in [0.25, 0.3) is 0 Å². The van der Waals surface area contributed by atoms with Crippen molar-refractivity contribution in [1.82, 2.24) is 0 Å². The van der Waals surface area contributed by atoms with E-state index < -0.39 is 42.6 Å². The Balaban J connectivity index is 1.50. The minimum Gasteiger partial charge on any atom is -0.507 e. The first kappa shape index (κ1) is 26.4. The van der Waals surface area contributed by atoms with Crippen molar-refractivity contribution < 1.29 is 39.1 Å². The fourth-order valence-electron chi connectivity index (χ4n) is 6.62. The van der Waals surface area contributed by atoms with Crippen LogP contribution in [-0.4, -0.2) is 52.8 Å². The molecule has 2 aromatic rings. The van der Waals surface area contributed by atoms with Gasteiger partial charge in [0.15, 0.2) is 11.6 Å². The van der Waals surface area contributed by atoms with E-state index in [-0.39, 0.29) is 56.9 Å². The van der Waals surface area contributed by atoms with Gasteiger partial charge in [-0.15, -0.1) is 0 Å². The Morgan fingerprint density at radius 2 is 1.77 bits per heavy atom. The lowest BCUT2D eigenvalue weighted by molar-refractivity contribution is -0.123. The van der Waals surface area contributed by atoms with Gasteiger partial charge in [-0.3, -0.25) is 24.1 Å². The number of Topliss-reactive ketones (excluding diaryl/α,β-unsaturated/α-hetero) is 1. The van der Waals surface area contributed by atoms with E-state index in [1.807, 2.05) is 6.08 Å². The molecular formula is C29H23BBrNO8. The second-order valence-corrected chi connectivity index (χ2v) is 11.1. The van der Waals surface area contributed by atoms with Crippen LogP contribution in [0.1, 0.15) is 24.3 Å². The molecule has 11 heteroatoms. The lowest BCUT2D eigenvalue weighted by Crippen LogP contribution is -2.40. The van der Waals surface area contributed by atoms with E-state index in [1.165, 1.54) is 37.5 Å². The van der Waals surface area contributed by atoms with Gasteiger partial charge in [0, 0.05) is 28.7 Å². The van der Waals surface area contributed by atoms with Gasteiger partial charge < -0.3 is 19.9 Å². The fourth-order valence-corrected chi connectivity index (χ4v) is 7.06. The van der Waals surface area contributed by atoms with Gasteiger partial charge in [-0.25, -0.2) is 0 Å². The highest BCUT2D eigenvalue weighted by molar-refractivity contribution is 9.12. The number of halogens is 1. The Hall–Kier alpha value is -3.80. The second-order valence-electron chi connectivity index (χ2n) is 10.3. The number of amides is 2. The minimum absolute atomic E-state index is 0.0739. The molecule has 0 aromatic heterocycles. The normalized spacial score (nSPS) is 25.8. The summed E-state index contributed by atoms with van der Waals surface area (Å²) in [6.07, 6.45) is 3.36. The average molecular weight is 604 g/mol. The number of imide groups is 1. The van der Waals surface area contributed by atoms with Gasteiger partial charge in [0.05, 0.1) is 29.1 Å². The molecule has 3 aliphatic carbocycles. The van der Waals surface area contributed by atoms with E-state index in [0.29, 0.717) is 16.9 Å². The number of hydrogen-bond acceptors (Lipinski definition) is 8. The Kier molecular flexibility index (Phi) is 6.40. The SMILES string of the molecule is COc1cccc(O)c1C1C2=CCC3C(=O)N(c4cccc(B(O)O)c4)C(=O)C3C2CC2=C1C(=O)C=C(Br)C2=O. The molecule has 40 heavy (non-hydrogen) atoms. The number of phenolic OH excluding ortho intramolecular Hbond substituents is 1. The molecule has 0 saturated carbocycles. The van der Waals surface area contributed by atoms with Crippen LogP contribution in [0.2, 0.25) is 0 Å². The summed E-state index contributed by atoms with van der Waals surface area (Å²) in [7, 11) is -0.333.